The fourth-order valence-corrected chi connectivity index (χ4v) is 4.52. The number of nitrogens with one attached hydrogen (secondary N) is 1. The molecule has 27 heavy (non-hydrogen) atoms. The molecule has 144 valence electrons. The highest BCUT2D eigenvalue weighted by Gasteiger charge is 2.48. The summed E-state index contributed by atoms with van der Waals surface area (Å²) in [5.41, 5.74) is 3.19. The van der Waals surface area contributed by atoms with Gasteiger partial charge in [-0.15, -0.1) is 0 Å². The maximum atomic E-state index is 12.7. The lowest BCUT2D eigenvalue weighted by Gasteiger charge is -2.50. The highest BCUT2D eigenvalue weighted by Crippen LogP contribution is 2.42. The van der Waals surface area contributed by atoms with Crippen LogP contribution in [-0.4, -0.2) is 55.3 Å². The van der Waals surface area contributed by atoms with Crippen molar-refractivity contribution in [3.63, 3.8) is 0 Å². The van der Waals surface area contributed by atoms with Crippen LogP contribution in [0.25, 0.3) is 0 Å². The summed E-state index contributed by atoms with van der Waals surface area (Å²) in [5, 5.41) is 0. The van der Waals surface area contributed by atoms with Crippen molar-refractivity contribution in [3.05, 3.63) is 41.5 Å². The molecule has 1 amide bonds. The van der Waals surface area contributed by atoms with Crippen molar-refractivity contribution < 1.29 is 4.79 Å². The Labute approximate surface area is 160 Å². The SMILES string of the molecule is CCC(=O)N1CCc2[nH]cnc2C12CCN(Cc1cnc(CC)nc1)CC2. The zero-order valence-electron chi connectivity index (χ0n) is 16.2. The largest absolute Gasteiger partial charge is 0.348 e. The van der Waals surface area contributed by atoms with Gasteiger partial charge in [0.25, 0.3) is 0 Å². The molecule has 0 unspecified atom stereocenters. The number of carbonyl (C=O) groups excluding carboxylic acids is 1. The number of nitrogens with zero attached hydrogens (tertiary/aromatic N) is 5. The lowest BCUT2D eigenvalue weighted by Crippen LogP contribution is -2.58. The molecule has 0 aromatic carbocycles. The average molecular weight is 368 g/mol. The summed E-state index contributed by atoms with van der Waals surface area (Å²) in [6.45, 7) is 7.54. The number of likely N-dealkylation sites (tertiary alicyclic amines) is 1. The van der Waals surface area contributed by atoms with Crippen LogP contribution < -0.4 is 0 Å². The van der Waals surface area contributed by atoms with E-state index < -0.39 is 0 Å². The van der Waals surface area contributed by atoms with E-state index in [-0.39, 0.29) is 11.4 Å². The highest BCUT2D eigenvalue weighted by atomic mass is 16.2. The molecular formula is C20H28N6O. The molecule has 2 aliphatic rings. The zero-order valence-corrected chi connectivity index (χ0v) is 16.2. The molecule has 1 fully saturated rings. The standard InChI is InChI=1S/C20H28N6O/c1-3-17-21-11-15(12-22-17)13-25-9-6-20(7-10-25)19-16(23-14-24-19)5-8-26(20)18(27)4-2/h11-12,14H,3-10,13H2,1-2H3,(H,23,24). The summed E-state index contributed by atoms with van der Waals surface area (Å²) in [4.78, 5) is 34.0. The third kappa shape index (κ3) is 3.25. The Morgan fingerprint density at radius 1 is 1.15 bits per heavy atom. The van der Waals surface area contributed by atoms with Crippen LogP contribution in [0.3, 0.4) is 0 Å². The van der Waals surface area contributed by atoms with Gasteiger partial charge in [-0.05, 0) is 12.8 Å². The Bertz CT molecular complexity index is 791. The minimum absolute atomic E-state index is 0.237. The Hall–Kier alpha value is -2.28. The van der Waals surface area contributed by atoms with Crippen molar-refractivity contribution in [1.29, 1.82) is 0 Å². The maximum absolute atomic E-state index is 12.7. The first-order valence-corrected chi connectivity index (χ1v) is 10.0. The molecule has 0 saturated carbocycles. The maximum Gasteiger partial charge on any atom is 0.223 e. The van der Waals surface area contributed by atoms with Crippen molar-refractivity contribution >= 4 is 5.91 Å². The van der Waals surface area contributed by atoms with Crippen LogP contribution in [0.5, 0.6) is 0 Å². The van der Waals surface area contributed by atoms with Gasteiger partial charge in [0.05, 0.1) is 17.6 Å². The Morgan fingerprint density at radius 3 is 2.56 bits per heavy atom. The second kappa shape index (κ2) is 7.38. The van der Waals surface area contributed by atoms with E-state index >= 15 is 0 Å². The van der Waals surface area contributed by atoms with Gasteiger partial charge in [-0.3, -0.25) is 9.69 Å². The van der Waals surface area contributed by atoms with Gasteiger partial charge in [0, 0.05) is 69.1 Å². The summed E-state index contributed by atoms with van der Waals surface area (Å²) in [7, 11) is 0. The van der Waals surface area contributed by atoms with Crippen molar-refractivity contribution in [2.45, 2.75) is 58.0 Å². The molecule has 2 aliphatic heterocycles. The monoisotopic (exact) mass is 368 g/mol. The predicted octanol–water partition coefficient (Wildman–Crippen LogP) is 2.05. The third-order valence-corrected chi connectivity index (χ3v) is 6.03. The molecule has 1 saturated heterocycles. The first-order valence-electron chi connectivity index (χ1n) is 10.0. The normalized spacial score (nSPS) is 19.3. The van der Waals surface area contributed by atoms with E-state index in [0.717, 1.165) is 68.9 Å². The van der Waals surface area contributed by atoms with Crippen molar-refractivity contribution in [3.8, 4) is 0 Å². The number of aryl methyl sites for hydroxylation is 1. The average Bonchev–Trinajstić information content (AvgIpc) is 3.20. The molecule has 4 heterocycles. The molecule has 2 aromatic rings. The number of amides is 1. The van der Waals surface area contributed by atoms with E-state index in [4.69, 9.17) is 0 Å². The Kier molecular flexibility index (Phi) is 4.95. The van der Waals surface area contributed by atoms with Gasteiger partial charge in [0.2, 0.25) is 5.91 Å². The van der Waals surface area contributed by atoms with Crippen LogP contribution in [0.15, 0.2) is 18.7 Å². The molecule has 0 radical (unpaired) electrons. The van der Waals surface area contributed by atoms with Gasteiger partial charge < -0.3 is 9.88 Å². The fourth-order valence-electron chi connectivity index (χ4n) is 4.52. The number of carbonyl (C=O) groups is 1. The molecular weight excluding hydrogens is 340 g/mol. The molecule has 0 bridgehead atoms. The second-order valence-corrected chi connectivity index (χ2v) is 7.55. The third-order valence-electron chi connectivity index (χ3n) is 6.03. The van der Waals surface area contributed by atoms with Crippen LogP contribution in [0.2, 0.25) is 0 Å². The number of aromatic amines is 1. The highest BCUT2D eigenvalue weighted by molar-refractivity contribution is 5.77. The first kappa shape index (κ1) is 18.1. The summed E-state index contributed by atoms with van der Waals surface area (Å²) in [6.07, 6.45) is 9.78. The summed E-state index contributed by atoms with van der Waals surface area (Å²) < 4.78 is 0. The Balaban J connectivity index is 1.50. The molecule has 1 N–H and O–H groups in total. The smallest absolute Gasteiger partial charge is 0.223 e. The van der Waals surface area contributed by atoms with E-state index in [9.17, 15) is 4.79 Å². The molecule has 1 spiro atoms. The molecule has 0 aliphatic carbocycles. The molecule has 0 atom stereocenters. The van der Waals surface area contributed by atoms with Crippen LogP contribution in [-0.2, 0) is 29.7 Å². The van der Waals surface area contributed by atoms with Gasteiger partial charge in [0.1, 0.15) is 5.82 Å². The predicted molar refractivity (Wildman–Crippen MR) is 102 cm³/mol. The van der Waals surface area contributed by atoms with E-state index in [2.05, 4.69) is 36.7 Å². The number of hydrogen-bond acceptors (Lipinski definition) is 5. The number of H-pyrrole nitrogens is 1. The van der Waals surface area contributed by atoms with Crippen molar-refractivity contribution in [1.82, 2.24) is 29.7 Å². The van der Waals surface area contributed by atoms with Crippen LogP contribution in [0.4, 0.5) is 0 Å². The lowest BCUT2D eigenvalue weighted by atomic mass is 9.78. The molecule has 4 rings (SSSR count). The number of rotatable bonds is 4. The first-order chi connectivity index (χ1) is 13.2. The summed E-state index contributed by atoms with van der Waals surface area (Å²) >= 11 is 0. The van der Waals surface area contributed by atoms with E-state index in [1.54, 1.807) is 6.33 Å². The van der Waals surface area contributed by atoms with E-state index in [1.165, 1.54) is 5.69 Å². The van der Waals surface area contributed by atoms with Gasteiger partial charge in [0.15, 0.2) is 0 Å². The Morgan fingerprint density at radius 2 is 1.89 bits per heavy atom. The second-order valence-electron chi connectivity index (χ2n) is 7.55. The van der Waals surface area contributed by atoms with E-state index in [0.29, 0.717) is 6.42 Å². The minimum Gasteiger partial charge on any atom is -0.348 e. The zero-order chi connectivity index (χ0) is 18.9. The minimum atomic E-state index is -0.250. The van der Waals surface area contributed by atoms with E-state index in [1.807, 2.05) is 19.3 Å². The fraction of sp³-hybridized carbons (Fsp3) is 0.600. The van der Waals surface area contributed by atoms with Crippen LogP contribution in [0, 0.1) is 0 Å². The molecule has 2 aromatic heterocycles. The van der Waals surface area contributed by atoms with Gasteiger partial charge in [-0.2, -0.15) is 0 Å². The van der Waals surface area contributed by atoms with Crippen LogP contribution in [0.1, 0.15) is 55.9 Å². The van der Waals surface area contributed by atoms with Gasteiger partial charge in [-0.1, -0.05) is 13.8 Å². The van der Waals surface area contributed by atoms with Crippen LogP contribution >= 0.6 is 0 Å². The van der Waals surface area contributed by atoms with Crippen molar-refractivity contribution in [2.75, 3.05) is 19.6 Å². The number of imidazole rings is 1. The molecule has 7 nitrogen and oxygen atoms in total. The number of aromatic nitrogens is 4. The van der Waals surface area contributed by atoms with Gasteiger partial charge in [-0.25, -0.2) is 15.0 Å². The van der Waals surface area contributed by atoms with Gasteiger partial charge >= 0.3 is 0 Å². The van der Waals surface area contributed by atoms with Crippen molar-refractivity contribution in [2.24, 2.45) is 0 Å². The number of hydrogen-bond donors (Lipinski definition) is 1. The quantitative estimate of drug-likeness (QED) is 0.894. The summed E-state index contributed by atoms with van der Waals surface area (Å²) in [6, 6.07) is 0. The summed E-state index contributed by atoms with van der Waals surface area (Å²) in [5.74, 6) is 1.12. The topological polar surface area (TPSA) is 78.0 Å². The number of piperidine rings is 1. The lowest BCUT2D eigenvalue weighted by molar-refractivity contribution is -0.141. The molecule has 7 heteroatoms. The number of fused-ring (bicyclic) bond motifs is 2.